The van der Waals surface area contributed by atoms with E-state index in [0.29, 0.717) is 0 Å². The van der Waals surface area contributed by atoms with E-state index in [1.807, 2.05) is 0 Å². The summed E-state index contributed by atoms with van der Waals surface area (Å²) in [6.07, 6.45) is -4.39. The van der Waals surface area contributed by atoms with Gasteiger partial charge in [-0.25, -0.2) is 0 Å². The first-order valence-electron chi connectivity index (χ1n) is 4.93. The van der Waals surface area contributed by atoms with Crippen molar-refractivity contribution in [3.05, 3.63) is 0 Å². The molecule has 2 saturated heterocycles. The fourth-order valence-corrected chi connectivity index (χ4v) is 2.02. The van der Waals surface area contributed by atoms with Crippen LogP contribution < -0.4 is 0 Å². The maximum atomic E-state index is 9.63. The fraction of sp³-hybridized carbons (Fsp3) is 1.00. The highest BCUT2D eigenvalue weighted by Crippen LogP contribution is 2.36. The highest BCUT2D eigenvalue weighted by molar-refractivity contribution is 4.95. The van der Waals surface area contributed by atoms with Gasteiger partial charge in [0.25, 0.3) is 0 Å². The van der Waals surface area contributed by atoms with Crippen molar-refractivity contribution in [2.24, 2.45) is 0 Å². The van der Waals surface area contributed by atoms with Crippen LogP contribution in [-0.4, -0.2) is 58.4 Å². The van der Waals surface area contributed by atoms with E-state index in [9.17, 15) is 10.2 Å². The summed E-state index contributed by atoms with van der Waals surface area (Å²) in [6.45, 7) is 3.13. The fourth-order valence-electron chi connectivity index (χ4n) is 2.02. The second-order valence-corrected chi connectivity index (χ2v) is 4.30. The minimum atomic E-state index is -1.35. The monoisotopic (exact) mass is 220 g/mol. The Labute approximate surface area is 87.4 Å². The molecular weight excluding hydrogens is 204 g/mol. The van der Waals surface area contributed by atoms with Gasteiger partial charge in [0.15, 0.2) is 12.1 Å². The van der Waals surface area contributed by atoms with E-state index in [0.717, 1.165) is 0 Å². The molecule has 0 saturated carbocycles. The molecule has 0 bridgehead atoms. The SMILES string of the molecule is CC1(C)O[C@@H]2[C@@H](O)[C@@H](O)O[C@H](CO)[C@@H]2O1. The quantitative estimate of drug-likeness (QED) is 0.502. The lowest BCUT2D eigenvalue weighted by atomic mass is 10.00. The van der Waals surface area contributed by atoms with Gasteiger partial charge in [0.05, 0.1) is 6.61 Å². The molecule has 88 valence electrons. The van der Waals surface area contributed by atoms with Crippen LogP contribution in [0, 0.1) is 0 Å². The number of aliphatic hydroxyl groups is 3. The summed E-state index contributed by atoms with van der Waals surface area (Å²) in [5.74, 6) is -0.836. The first kappa shape index (κ1) is 11.3. The lowest BCUT2D eigenvalue weighted by molar-refractivity contribution is -0.264. The molecule has 0 amide bonds. The third-order valence-corrected chi connectivity index (χ3v) is 2.65. The van der Waals surface area contributed by atoms with Crippen LogP contribution in [0.4, 0.5) is 0 Å². The van der Waals surface area contributed by atoms with E-state index in [1.54, 1.807) is 13.8 Å². The lowest BCUT2D eigenvalue weighted by Gasteiger charge is -2.36. The first-order chi connectivity index (χ1) is 6.94. The summed E-state index contributed by atoms with van der Waals surface area (Å²) < 4.78 is 15.9. The standard InChI is InChI=1S/C9H16O6/c1-9(2)14-6-4(3-10)13-8(12)5(11)7(6)15-9/h4-8,10-12H,3H2,1-2H3/t4-,5-,6+,7-,8+/m1/s1. The zero-order valence-corrected chi connectivity index (χ0v) is 8.66. The zero-order chi connectivity index (χ0) is 11.2. The van der Waals surface area contributed by atoms with Crippen molar-refractivity contribution in [3.63, 3.8) is 0 Å². The second-order valence-electron chi connectivity index (χ2n) is 4.30. The molecule has 5 atom stereocenters. The summed E-state index contributed by atoms with van der Waals surface area (Å²) in [4.78, 5) is 0. The molecule has 6 heteroatoms. The van der Waals surface area contributed by atoms with Crippen LogP contribution in [0.15, 0.2) is 0 Å². The molecule has 15 heavy (non-hydrogen) atoms. The maximum absolute atomic E-state index is 9.63. The van der Waals surface area contributed by atoms with Gasteiger partial charge >= 0.3 is 0 Å². The van der Waals surface area contributed by atoms with Crippen molar-refractivity contribution in [2.75, 3.05) is 6.61 Å². The molecule has 0 aromatic carbocycles. The van der Waals surface area contributed by atoms with Gasteiger partial charge in [-0.1, -0.05) is 0 Å². The van der Waals surface area contributed by atoms with Crippen molar-refractivity contribution in [3.8, 4) is 0 Å². The minimum absolute atomic E-state index is 0.287. The van der Waals surface area contributed by atoms with Crippen LogP contribution in [0.3, 0.4) is 0 Å². The van der Waals surface area contributed by atoms with Crippen LogP contribution in [0.1, 0.15) is 13.8 Å². The van der Waals surface area contributed by atoms with E-state index < -0.39 is 36.5 Å². The topological polar surface area (TPSA) is 88.4 Å². The molecule has 0 spiro atoms. The molecule has 0 radical (unpaired) electrons. The molecule has 2 aliphatic heterocycles. The van der Waals surface area contributed by atoms with E-state index in [-0.39, 0.29) is 6.61 Å². The van der Waals surface area contributed by atoms with Gasteiger partial charge in [-0.3, -0.25) is 0 Å². The number of ether oxygens (including phenoxy) is 3. The van der Waals surface area contributed by atoms with Crippen LogP contribution in [0.25, 0.3) is 0 Å². The summed E-state index contributed by atoms with van der Waals surface area (Å²) >= 11 is 0. The number of aliphatic hydroxyl groups excluding tert-OH is 3. The van der Waals surface area contributed by atoms with Crippen LogP contribution in [-0.2, 0) is 14.2 Å². The largest absolute Gasteiger partial charge is 0.394 e. The highest BCUT2D eigenvalue weighted by atomic mass is 16.8. The summed E-state index contributed by atoms with van der Waals surface area (Å²) in [5.41, 5.74) is 0. The number of rotatable bonds is 1. The smallest absolute Gasteiger partial charge is 0.184 e. The normalized spacial score (nSPS) is 49.0. The van der Waals surface area contributed by atoms with E-state index >= 15 is 0 Å². The van der Waals surface area contributed by atoms with Gasteiger partial charge in [0.2, 0.25) is 0 Å². The Kier molecular flexibility index (Phi) is 2.74. The van der Waals surface area contributed by atoms with Crippen molar-refractivity contribution in [1.82, 2.24) is 0 Å². The van der Waals surface area contributed by atoms with Gasteiger partial charge in [-0.15, -0.1) is 0 Å². The first-order valence-corrected chi connectivity index (χ1v) is 4.93. The molecule has 0 aromatic heterocycles. The maximum Gasteiger partial charge on any atom is 0.184 e. The Balaban J connectivity index is 2.18. The predicted octanol–water partition coefficient (Wildman–Crippen LogP) is -1.42. The summed E-state index contributed by atoms with van der Waals surface area (Å²) in [5, 5.41) is 28.1. The van der Waals surface area contributed by atoms with Gasteiger partial charge in [-0.2, -0.15) is 0 Å². The van der Waals surface area contributed by atoms with Crippen LogP contribution in [0.2, 0.25) is 0 Å². The third kappa shape index (κ3) is 1.89. The molecule has 2 aliphatic rings. The van der Waals surface area contributed by atoms with E-state index in [4.69, 9.17) is 19.3 Å². The zero-order valence-electron chi connectivity index (χ0n) is 8.66. The Morgan fingerprint density at radius 3 is 2.33 bits per heavy atom. The third-order valence-electron chi connectivity index (χ3n) is 2.65. The molecule has 6 nitrogen and oxygen atoms in total. The van der Waals surface area contributed by atoms with Crippen molar-refractivity contribution < 1.29 is 29.5 Å². The van der Waals surface area contributed by atoms with Gasteiger partial charge in [0, 0.05) is 0 Å². The number of hydrogen-bond acceptors (Lipinski definition) is 6. The van der Waals surface area contributed by atoms with E-state index in [2.05, 4.69) is 0 Å². The molecular formula is C9H16O6. The molecule has 0 aromatic rings. The van der Waals surface area contributed by atoms with Gasteiger partial charge < -0.3 is 29.5 Å². The molecule has 2 heterocycles. The Bertz CT molecular complexity index is 235. The molecule has 2 rings (SSSR count). The molecule has 0 unspecified atom stereocenters. The van der Waals surface area contributed by atoms with Crippen molar-refractivity contribution >= 4 is 0 Å². The van der Waals surface area contributed by atoms with Gasteiger partial charge in [-0.05, 0) is 13.8 Å². The van der Waals surface area contributed by atoms with E-state index in [1.165, 1.54) is 0 Å². The Hall–Kier alpha value is -0.240. The Morgan fingerprint density at radius 1 is 1.13 bits per heavy atom. The van der Waals surface area contributed by atoms with Crippen LogP contribution >= 0.6 is 0 Å². The number of hydrogen-bond donors (Lipinski definition) is 3. The second kappa shape index (κ2) is 3.65. The predicted molar refractivity (Wildman–Crippen MR) is 47.8 cm³/mol. The van der Waals surface area contributed by atoms with Crippen molar-refractivity contribution in [2.45, 2.75) is 50.3 Å². The highest BCUT2D eigenvalue weighted by Gasteiger charge is 2.54. The number of fused-ring (bicyclic) bond motifs is 1. The van der Waals surface area contributed by atoms with Crippen LogP contribution in [0.5, 0.6) is 0 Å². The summed E-state index contributed by atoms with van der Waals surface area (Å²) in [6, 6.07) is 0. The van der Waals surface area contributed by atoms with Crippen molar-refractivity contribution in [1.29, 1.82) is 0 Å². The lowest BCUT2D eigenvalue weighted by Crippen LogP contribution is -2.57. The average molecular weight is 220 g/mol. The Morgan fingerprint density at radius 2 is 1.73 bits per heavy atom. The molecule has 2 fully saturated rings. The average Bonchev–Trinajstić information content (AvgIpc) is 2.48. The molecule has 0 aliphatic carbocycles. The van der Waals surface area contributed by atoms with Gasteiger partial charge in [0.1, 0.15) is 24.4 Å². The minimum Gasteiger partial charge on any atom is -0.394 e. The summed E-state index contributed by atoms with van der Waals surface area (Å²) in [7, 11) is 0. The molecule has 3 N–H and O–H groups in total.